The van der Waals surface area contributed by atoms with Crippen LogP contribution in [-0.2, 0) is 0 Å². The average Bonchev–Trinajstić information content (AvgIpc) is 2.15. The molecule has 0 aliphatic carbocycles. The Balaban J connectivity index is 2.61. The highest BCUT2D eigenvalue weighted by atomic mass is 16.2. The van der Waals surface area contributed by atoms with Gasteiger partial charge in [0.1, 0.15) is 0 Å². The zero-order valence-corrected chi connectivity index (χ0v) is 7.88. The van der Waals surface area contributed by atoms with Gasteiger partial charge in [0.15, 0.2) is 0 Å². The van der Waals surface area contributed by atoms with Gasteiger partial charge < -0.3 is 5.11 Å². The summed E-state index contributed by atoms with van der Waals surface area (Å²) in [5, 5.41) is 8.55. The third-order valence-electron chi connectivity index (χ3n) is 1.83. The van der Waals surface area contributed by atoms with Crippen molar-refractivity contribution in [1.29, 1.82) is 0 Å². The molecular formula is C12H14O. The molecule has 0 aliphatic rings. The second-order valence-electron chi connectivity index (χ2n) is 2.94. The number of aliphatic hydroxyl groups is 1. The Morgan fingerprint density at radius 1 is 1.31 bits per heavy atom. The predicted octanol–water partition coefficient (Wildman–Crippen LogP) is 2.12. The third kappa shape index (κ3) is 3.31. The van der Waals surface area contributed by atoms with E-state index in [1.165, 1.54) is 5.56 Å². The molecule has 0 fully saturated rings. The van der Waals surface area contributed by atoms with Crippen LogP contribution >= 0.6 is 0 Å². The Morgan fingerprint density at radius 3 is 2.77 bits per heavy atom. The third-order valence-corrected chi connectivity index (χ3v) is 1.83. The molecule has 1 aromatic carbocycles. The average molecular weight is 174 g/mol. The molecular weight excluding hydrogens is 160 g/mol. The van der Waals surface area contributed by atoms with E-state index in [4.69, 9.17) is 5.11 Å². The summed E-state index contributed by atoms with van der Waals surface area (Å²) in [4.78, 5) is 0. The van der Waals surface area contributed by atoms with Crippen molar-refractivity contribution < 1.29 is 5.11 Å². The van der Waals surface area contributed by atoms with Gasteiger partial charge >= 0.3 is 0 Å². The minimum absolute atomic E-state index is 0.225. The van der Waals surface area contributed by atoms with Crippen molar-refractivity contribution in [2.24, 2.45) is 0 Å². The Kier molecular flexibility index (Phi) is 4.08. The lowest BCUT2D eigenvalue weighted by Gasteiger charge is -1.94. The van der Waals surface area contributed by atoms with Crippen LogP contribution in [0.2, 0.25) is 0 Å². The molecule has 0 saturated carbocycles. The van der Waals surface area contributed by atoms with Gasteiger partial charge in [-0.3, -0.25) is 0 Å². The fourth-order valence-electron chi connectivity index (χ4n) is 1.04. The van der Waals surface area contributed by atoms with Gasteiger partial charge in [-0.1, -0.05) is 30.0 Å². The van der Waals surface area contributed by atoms with E-state index in [9.17, 15) is 0 Å². The van der Waals surface area contributed by atoms with Gasteiger partial charge in [0.05, 0.1) is 0 Å². The van der Waals surface area contributed by atoms with E-state index in [2.05, 4.69) is 24.8 Å². The Labute approximate surface area is 79.4 Å². The molecule has 0 bridgehead atoms. The number of hydrogen-bond acceptors (Lipinski definition) is 1. The van der Waals surface area contributed by atoms with E-state index < -0.39 is 0 Å². The normalized spacial score (nSPS) is 9.08. The van der Waals surface area contributed by atoms with E-state index in [0.29, 0.717) is 0 Å². The maximum atomic E-state index is 8.55. The quantitative estimate of drug-likeness (QED) is 0.538. The number of benzene rings is 1. The molecule has 68 valence electrons. The highest BCUT2D eigenvalue weighted by Gasteiger charge is 1.89. The summed E-state index contributed by atoms with van der Waals surface area (Å²) in [6, 6.07) is 8.06. The SMILES string of the molecule is Cc1ccccc1C#CCCCO. The largest absolute Gasteiger partial charge is 0.396 e. The summed E-state index contributed by atoms with van der Waals surface area (Å²) in [6.45, 7) is 2.28. The molecule has 0 heterocycles. The minimum Gasteiger partial charge on any atom is -0.396 e. The van der Waals surface area contributed by atoms with Gasteiger partial charge in [-0.25, -0.2) is 0 Å². The van der Waals surface area contributed by atoms with Crippen molar-refractivity contribution in [3.63, 3.8) is 0 Å². The molecule has 13 heavy (non-hydrogen) atoms. The van der Waals surface area contributed by atoms with E-state index >= 15 is 0 Å². The van der Waals surface area contributed by atoms with Crippen LogP contribution in [0.5, 0.6) is 0 Å². The van der Waals surface area contributed by atoms with Crippen molar-refractivity contribution in [3.05, 3.63) is 35.4 Å². The standard InChI is InChI=1S/C12H14O/c1-11-7-4-5-9-12(11)8-3-2-6-10-13/h4-5,7,9,13H,2,6,10H2,1H3. The molecule has 0 atom stereocenters. The lowest BCUT2D eigenvalue weighted by atomic mass is 10.1. The van der Waals surface area contributed by atoms with Crippen LogP contribution < -0.4 is 0 Å². The van der Waals surface area contributed by atoms with Gasteiger partial charge in [0.2, 0.25) is 0 Å². The van der Waals surface area contributed by atoms with Crippen LogP contribution in [0.4, 0.5) is 0 Å². The van der Waals surface area contributed by atoms with Gasteiger partial charge in [0, 0.05) is 18.6 Å². The maximum Gasteiger partial charge on any atom is 0.0440 e. The molecule has 0 aliphatic heterocycles. The van der Waals surface area contributed by atoms with Crippen molar-refractivity contribution in [2.75, 3.05) is 6.61 Å². The molecule has 1 heteroatoms. The first-order chi connectivity index (χ1) is 6.34. The van der Waals surface area contributed by atoms with E-state index in [1.54, 1.807) is 0 Å². The summed E-state index contributed by atoms with van der Waals surface area (Å²) in [5.74, 6) is 6.12. The minimum atomic E-state index is 0.225. The molecule has 0 amide bonds. The summed E-state index contributed by atoms with van der Waals surface area (Å²) in [7, 11) is 0. The van der Waals surface area contributed by atoms with E-state index in [1.807, 2.05) is 18.2 Å². The highest BCUT2D eigenvalue weighted by Crippen LogP contribution is 2.04. The maximum absolute atomic E-state index is 8.55. The lowest BCUT2D eigenvalue weighted by molar-refractivity contribution is 0.290. The molecule has 1 nitrogen and oxygen atoms in total. The van der Waals surface area contributed by atoms with Gasteiger partial charge in [0.25, 0.3) is 0 Å². The molecule has 0 unspecified atom stereocenters. The molecule has 1 aromatic rings. The van der Waals surface area contributed by atoms with Crippen molar-refractivity contribution >= 4 is 0 Å². The Morgan fingerprint density at radius 2 is 2.08 bits per heavy atom. The predicted molar refractivity (Wildman–Crippen MR) is 54.4 cm³/mol. The topological polar surface area (TPSA) is 20.2 Å². The van der Waals surface area contributed by atoms with Crippen LogP contribution in [0.1, 0.15) is 24.0 Å². The lowest BCUT2D eigenvalue weighted by Crippen LogP contribution is -1.81. The second kappa shape index (κ2) is 5.40. The van der Waals surface area contributed by atoms with Crippen LogP contribution in [0.25, 0.3) is 0 Å². The number of rotatable bonds is 2. The smallest absolute Gasteiger partial charge is 0.0440 e. The fourth-order valence-corrected chi connectivity index (χ4v) is 1.04. The van der Waals surface area contributed by atoms with E-state index in [0.717, 1.165) is 18.4 Å². The summed E-state index contributed by atoms with van der Waals surface area (Å²) in [6.07, 6.45) is 1.53. The highest BCUT2D eigenvalue weighted by molar-refractivity contribution is 5.40. The monoisotopic (exact) mass is 174 g/mol. The van der Waals surface area contributed by atoms with Gasteiger partial charge in [-0.2, -0.15) is 0 Å². The Hall–Kier alpha value is -1.26. The number of aliphatic hydroxyl groups excluding tert-OH is 1. The molecule has 0 radical (unpaired) electrons. The second-order valence-corrected chi connectivity index (χ2v) is 2.94. The van der Waals surface area contributed by atoms with Crippen molar-refractivity contribution in [1.82, 2.24) is 0 Å². The number of unbranched alkanes of at least 4 members (excludes halogenated alkanes) is 1. The van der Waals surface area contributed by atoms with E-state index in [-0.39, 0.29) is 6.61 Å². The zero-order chi connectivity index (χ0) is 9.52. The summed E-state index contributed by atoms with van der Waals surface area (Å²) in [5.41, 5.74) is 2.29. The molecule has 0 aromatic heterocycles. The van der Waals surface area contributed by atoms with Crippen LogP contribution in [-0.4, -0.2) is 11.7 Å². The first kappa shape index (κ1) is 9.83. The van der Waals surface area contributed by atoms with Crippen LogP contribution in [0.15, 0.2) is 24.3 Å². The Bertz CT molecular complexity index is 317. The number of aryl methyl sites for hydroxylation is 1. The van der Waals surface area contributed by atoms with Crippen LogP contribution in [0.3, 0.4) is 0 Å². The number of hydrogen-bond donors (Lipinski definition) is 1. The summed E-state index contributed by atoms with van der Waals surface area (Å²) >= 11 is 0. The van der Waals surface area contributed by atoms with Gasteiger partial charge in [-0.05, 0) is 25.0 Å². The van der Waals surface area contributed by atoms with Gasteiger partial charge in [-0.15, -0.1) is 0 Å². The molecule has 0 saturated heterocycles. The molecule has 1 rings (SSSR count). The van der Waals surface area contributed by atoms with Crippen LogP contribution in [0, 0.1) is 18.8 Å². The molecule has 0 spiro atoms. The first-order valence-corrected chi connectivity index (χ1v) is 4.50. The van der Waals surface area contributed by atoms with Crippen molar-refractivity contribution in [2.45, 2.75) is 19.8 Å². The molecule has 1 N–H and O–H groups in total. The summed E-state index contributed by atoms with van der Waals surface area (Å²) < 4.78 is 0. The van der Waals surface area contributed by atoms with Crippen molar-refractivity contribution in [3.8, 4) is 11.8 Å². The fraction of sp³-hybridized carbons (Fsp3) is 0.333. The zero-order valence-electron chi connectivity index (χ0n) is 7.88. The first-order valence-electron chi connectivity index (χ1n) is 4.50.